The Labute approximate surface area is 122 Å². The Morgan fingerprint density at radius 3 is 2.55 bits per heavy atom. The molecule has 1 rings (SSSR count). The summed E-state index contributed by atoms with van der Waals surface area (Å²) >= 11 is 0. The maximum absolute atomic E-state index is 5.59. The largest absolute Gasteiger partial charge is 0.493 e. The molecule has 0 bridgehead atoms. The van der Waals surface area contributed by atoms with Gasteiger partial charge in [0.15, 0.2) is 5.75 Å². The Balaban J connectivity index is 3.07. The van der Waals surface area contributed by atoms with Crippen molar-refractivity contribution in [2.45, 2.75) is 32.0 Å². The number of hydrogen-bond donors (Lipinski definition) is 1. The maximum atomic E-state index is 5.59. The average Bonchev–Trinajstić information content (AvgIpc) is 2.85. The van der Waals surface area contributed by atoms with Crippen LogP contribution in [0.2, 0.25) is 0 Å². The first-order valence-electron chi connectivity index (χ1n) is 7.03. The summed E-state index contributed by atoms with van der Waals surface area (Å²) in [5.41, 5.74) is 1.05. The number of aromatic nitrogens is 2. The molecule has 2 unspecified atom stereocenters. The molecular weight excluding hydrogens is 256 g/mol. The van der Waals surface area contributed by atoms with E-state index < -0.39 is 0 Å². The molecule has 0 aliphatic rings. The smallest absolute Gasteiger partial charge is 0.161 e. The summed E-state index contributed by atoms with van der Waals surface area (Å²) < 4.78 is 13.1. The number of hydrogen-bond acceptors (Lipinski definition) is 5. The van der Waals surface area contributed by atoms with Crippen molar-refractivity contribution in [3.63, 3.8) is 0 Å². The lowest BCUT2D eigenvalue weighted by atomic mass is 10.0. The van der Waals surface area contributed by atoms with Crippen molar-refractivity contribution in [1.82, 2.24) is 20.0 Å². The SMILES string of the molecule is CCC(OC)C(NC)c1c(OC)cnn1CCN(C)C. The highest BCUT2D eigenvalue weighted by Gasteiger charge is 2.27. The number of nitrogens with one attached hydrogen (secondary N) is 1. The first-order valence-corrected chi connectivity index (χ1v) is 7.03. The second-order valence-corrected chi connectivity index (χ2v) is 5.07. The third kappa shape index (κ3) is 3.94. The molecule has 0 aliphatic carbocycles. The molecule has 0 aliphatic heterocycles. The maximum Gasteiger partial charge on any atom is 0.161 e. The standard InChI is InChI=1S/C14H28N4O2/c1-7-11(19-5)13(15-2)14-12(20-6)10-16-18(14)9-8-17(3)4/h10-11,13,15H,7-9H2,1-6H3. The van der Waals surface area contributed by atoms with Crippen LogP contribution in [-0.2, 0) is 11.3 Å². The second-order valence-electron chi connectivity index (χ2n) is 5.07. The van der Waals surface area contributed by atoms with Crippen LogP contribution >= 0.6 is 0 Å². The van der Waals surface area contributed by atoms with Crippen LogP contribution in [0.4, 0.5) is 0 Å². The Kier molecular flexibility index (Phi) is 6.98. The van der Waals surface area contributed by atoms with Crippen LogP contribution in [0, 0.1) is 0 Å². The van der Waals surface area contributed by atoms with Gasteiger partial charge in [-0.05, 0) is 27.6 Å². The van der Waals surface area contributed by atoms with Gasteiger partial charge < -0.3 is 19.7 Å². The zero-order chi connectivity index (χ0) is 15.1. The van der Waals surface area contributed by atoms with Crippen LogP contribution in [0.3, 0.4) is 0 Å². The summed E-state index contributed by atoms with van der Waals surface area (Å²) in [5.74, 6) is 0.804. The zero-order valence-electron chi connectivity index (χ0n) is 13.5. The molecule has 0 aromatic carbocycles. The monoisotopic (exact) mass is 284 g/mol. The second kappa shape index (κ2) is 8.24. The van der Waals surface area contributed by atoms with E-state index in [9.17, 15) is 0 Å². The van der Waals surface area contributed by atoms with E-state index in [1.165, 1.54) is 0 Å². The molecule has 6 nitrogen and oxygen atoms in total. The zero-order valence-corrected chi connectivity index (χ0v) is 13.5. The van der Waals surface area contributed by atoms with Crippen molar-refractivity contribution in [1.29, 1.82) is 0 Å². The minimum Gasteiger partial charge on any atom is -0.493 e. The molecule has 6 heteroatoms. The lowest BCUT2D eigenvalue weighted by Gasteiger charge is -2.26. The van der Waals surface area contributed by atoms with Gasteiger partial charge in [0, 0.05) is 13.7 Å². The molecule has 0 saturated carbocycles. The van der Waals surface area contributed by atoms with Crippen LogP contribution in [0.1, 0.15) is 25.1 Å². The van der Waals surface area contributed by atoms with Crippen molar-refractivity contribution >= 4 is 0 Å². The third-order valence-corrected chi connectivity index (χ3v) is 3.51. The highest BCUT2D eigenvalue weighted by atomic mass is 16.5. The van der Waals surface area contributed by atoms with E-state index in [2.05, 4.69) is 36.3 Å². The van der Waals surface area contributed by atoms with Crippen molar-refractivity contribution < 1.29 is 9.47 Å². The number of ether oxygens (including phenoxy) is 2. The summed E-state index contributed by atoms with van der Waals surface area (Å²) in [6.07, 6.45) is 2.78. The Hall–Kier alpha value is -1.11. The van der Waals surface area contributed by atoms with Crippen molar-refractivity contribution in [2.24, 2.45) is 0 Å². The Morgan fingerprint density at radius 2 is 2.10 bits per heavy atom. The van der Waals surface area contributed by atoms with E-state index in [4.69, 9.17) is 9.47 Å². The molecule has 1 heterocycles. The number of nitrogens with zero attached hydrogens (tertiary/aromatic N) is 3. The lowest BCUT2D eigenvalue weighted by molar-refractivity contribution is 0.0637. The van der Waals surface area contributed by atoms with Gasteiger partial charge in [-0.2, -0.15) is 5.10 Å². The topological polar surface area (TPSA) is 51.5 Å². The van der Waals surface area contributed by atoms with Crippen LogP contribution < -0.4 is 10.1 Å². The summed E-state index contributed by atoms with van der Waals surface area (Å²) in [6.45, 7) is 3.87. The van der Waals surface area contributed by atoms with Crippen LogP contribution in [0.15, 0.2) is 6.20 Å². The van der Waals surface area contributed by atoms with Crippen LogP contribution in [0.5, 0.6) is 5.75 Å². The quantitative estimate of drug-likeness (QED) is 0.737. The minimum absolute atomic E-state index is 0.0598. The van der Waals surface area contributed by atoms with E-state index in [0.29, 0.717) is 0 Å². The first-order chi connectivity index (χ1) is 9.58. The molecule has 20 heavy (non-hydrogen) atoms. The first kappa shape index (κ1) is 16.9. The molecule has 1 aromatic rings. The molecule has 116 valence electrons. The summed E-state index contributed by atoms with van der Waals surface area (Å²) in [5, 5.41) is 7.78. The fourth-order valence-electron chi connectivity index (χ4n) is 2.36. The number of likely N-dealkylation sites (N-methyl/N-ethyl adjacent to an activating group) is 2. The predicted molar refractivity (Wildman–Crippen MR) is 80.2 cm³/mol. The van der Waals surface area contributed by atoms with Crippen molar-refractivity contribution in [3.8, 4) is 5.75 Å². The summed E-state index contributed by atoms with van der Waals surface area (Å²) in [6, 6.07) is 0.0598. The molecule has 0 fully saturated rings. The minimum atomic E-state index is 0.0598. The van der Waals surface area contributed by atoms with Gasteiger partial charge in [-0.1, -0.05) is 6.92 Å². The van der Waals surface area contributed by atoms with Crippen LogP contribution in [0.25, 0.3) is 0 Å². The fraction of sp³-hybridized carbons (Fsp3) is 0.786. The van der Waals surface area contributed by atoms with E-state index in [0.717, 1.165) is 31.0 Å². The van der Waals surface area contributed by atoms with Gasteiger partial charge in [0.2, 0.25) is 0 Å². The van der Waals surface area contributed by atoms with Crippen LogP contribution in [-0.4, -0.2) is 62.7 Å². The van der Waals surface area contributed by atoms with Gasteiger partial charge in [0.25, 0.3) is 0 Å². The van der Waals surface area contributed by atoms with E-state index >= 15 is 0 Å². The molecule has 0 radical (unpaired) electrons. The summed E-state index contributed by atoms with van der Waals surface area (Å²) in [7, 11) is 9.47. The molecule has 0 saturated heterocycles. The molecule has 2 atom stereocenters. The Morgan fingerprint density at radius 1 is 1.40 bits per heavy atom. The van der Waals surface area contributed by atoms with E-state index in [1.807, 2.05) is 11.7 Å². The molecule has 1 N–H and O–H groups in total. The fourth-order valence-corrected chi connectivity index (χ4v) is 2.36. The molecule has 1 aromatic heterocycles. The Bertz CT molecular complexity index is 389. The normalized spacial score (nSPS) is 14.6. The van der Waals surface area contributed by atoms with Gasteiger partial charge in [-0.25, -0.2) is 0 Å². The van der Waals surface area contributed by atoms with Gasteiger partial charge >= 0.3 is 0 Å². The average molecular weight is 284 g/mol. The van der Waals surface area contributed by atoms with E-state index in [1.54, 1.807) is 20.4 Å². The van der Waals surface area contributed by atoms with Crippen molar-refractivity contribution in [3.05, 3.63) is 11.9 Å². The lowest BCUT2D eigenvalue weighted by Crippen LogP contribution is -2.33. The number of rotatable bonds is 9. The highest BCUT2D eigenvalue weighted by Crippen LogP contribution is 2.29. The van der Waals surface area contributed by atoms with Gasteiger partial charge in [0.05, 0.1) is 37.7 Å². The van der Waals surface area contributed by atoms with Gasteiger partial charge in [-0.3, -0.25) is 4.68 Å². The predicted octanol–water partition coefficient (Wildman–Crippen LogP) is 1.14. The molecular formula is C14H28N4O2. The van der Waals surface area contributed by atoms with Crippen molar-refractivity contribution in [2.75, 3.05) is 41.9 Å². The highest BCUT2D eigenvalue weighted by molar-refractivity contribution is 5.29. The molecule has 0 amide bonds. The number of methoxy groups -OCH3 is 2. The molecule has 0 spiro atoms. The third-order valence-electron chi connectivity index (χ3n) is 3.51. The van der Waals surface area contributed by atoms with E-state index in [-0.39, 0.29) is 12.1 Å². The summed E-state index contributed by atoms with van der Waals surface area (Å²) in [4.78, 5) is 2.14. The van der Waals surface area contributed by atoms with Gasteiger partial charge in [-0.15, -0.1) is 0 Å². The van der Waals surface area contributed by atoms with Gasteiger partial charge in [0.1, 0.15) is 0 Å².